The van der Waals surface area contributed by atoms with Gasteiger partial charge < -0.3 is 10.5 Å². The number of hydrogen-bond donors (Lipinski definition) is 2. The molecule has 82 valence electrons. The number of alkyl halides is 2. The molecule has 2 N–H and O–H groups in total. The van der Waals surface area contributed by atoms with Gasteiger partial charge in [-0.05, 0) is 13.0 Å². The summed E-state index contributed by atoms with van der Waals surface area (Å²) in [4.78, 5) is 0. The quantitative estimate of drug-likeness (QED) is 0.749. The molecule has 5 heteroatoms. The van der Waals surface area contributed by atoms with Gasteiger partial charge in [0.2, 0.25) is 0 Å². The summed E-state index contributed by atoms with van der Waals surface area (Å²) in [7, 11) is 0. The normalized spacial score (nSPS) is 11.5. The standard InChI is InChI=1S/C10H10F3NO/c1-6(14)7-3-2-4-8(9(7)11)10(12,13)5-15/h2-4,14-15H,5H2,1H3. The summed E-state index contributed by atoms with van der Waals surface area (Å²) in [6.07, 6.45) is 0. The van der Waals surface area contributed by atoms with Crippen LogP contribution in [0.2, 0.25) is 0 Å². The Labute approximate surface area is 84.9 Å². The Morgan fingerprint density at radius 1 is 1.47 bits per heavy atom. The predicted octanol–water partition coefficient (Wildman–Crippen LogP) is 2.30. The first-order valence-electron chi connectivity index (χ1n) is 4.23. The van der Waals surface area contributed by atoms with Gasteiger partial charge in [-0.3, -0.25) is 0 Å². The first-order valence-corrected chi connectivity index (χ1v) is 4.23. The van der Waals surface area contributed by atoms with Crippen molar-refractivity contribution < 1.29 is 18.3 Å². The Balaban J connectivity index is 3.33. The zero-order valence-corrected chi connectivity index (χ0v) is 8.02. The van der Waals surface area contributed by atoms with E-state index in [-0.39, 0.29) is 11.3 Å². The van der Waals surface area contributed by atoms with E-state index >= 15 is 0 Å². The van der Waals surface area contributed by atoms with Gasteiger partial charge in [0.1, 0.15) is 12.4 Å². The van der Waals surface area contributed by atoms with Gasteiger partial charge in [0.25, 0.3) is 5.92 Å². The van der Waals surface area contributed by atoms with E-state index in [1.807, 2.05) is 0 Å². The average molecular weight is 217 g/mol. The van der Waals surface area contributed by atoms with E-state index in [2.05, 4.69) is 0 Å². The minimum Gasteiger partial charge on any atom is -0.390 e. The molecule has 0 aliphatic carbocycles. The Hall–Kier alpha value is -1.36. The van der Waals surface area contributed by atoms with Crippen molar-refractivity contribution in [3.8, 4) is 0 Å². The third-order valence-corrected chi connectivity index (χ3v) is 2.00. The molecule has 1 rings (SSSR count). The molecule has 0 heterocycles. The first-order chi connectivity index (χ1) is 6.90. The molecule has 0 aromatic heterocycles. The van der Waals surface area contributed by atoms with Crippen LogP contribution in [0.15, 0.2) is 18.2 Å². The molecule has 0 bridgehead atoms. The van der Waals surface area contributed by atoms with Gasteiger partial charge in [-0.1, -0.05) is 12.1 Å². The third kappa shape index (κ3) is 2.18. The van der Waals surface area contributed by atoms with Gasteiger partial charge in [-0.2, -0.15) is 8.78 Å². The fraction of sp³-hybridized carbons (Fsp3) is 0.300. The lowest BCUT2D eigenvalue weighted by atomic mass is 10.0. The van der Waals surface area contributed by atoms with Crippen LogP contribution in [0, 0.1) is 11.2 Å². The molecule has 1 aromatic rings. The molecular weight excluding hydrogens is 207 g/mol. The van der Waals surface area contributed by atoms with Gasteiger partial charge in [-0.15, -0.1) is 0 Å². The lowest BCUT2D eigenvalue weighted by molar-refractivity contribution is -0.0582. The SMILES string of the molecule is CC(=N)c1cccc(C(F)(F)CO)c1F. The number of rotatable bonds is 3. The van der Waals surface area contributed by atoms with Crippen LogP contribution in [-0.2, 0) is 5.92 Å². The lowest BCUT2D eigenvalue weighted by Crippen LogP contribution is -2.21. The second-order valence-electron chi connectivity index (χ2n) is 3.15. The molecular formula is C10H10F3NO. The maximum absolute atomic E-state index is 13.5. The highest BCUT2D eigenvalue weighted by molar-refractivity contribution is 5.96. The number of benzene rings is 1. The van der Waals surface area contributed by atoms with Crippen LogP contribution in [0.4, 0.5) is 13.2 Å². The summed E-state index contributed by atoms with van der Waals surface area (Å²) in [6, 6.07) is 3.38. The predicted molar refractivity (Wildman–Crippen MR) is 49.9 cm³/mol. The van der Waals surface area contributed by atoms with Crippen molar-refractivity contribution in [3.63, 3.8) is 0 Å². The van der Waals surface area contributed by atoms with Crippen molar-refractivity contribution in [1.82, 2.24) is 0 Å². The van der Waals surface area contributed by atoms with Gasteiger partial charge in [0.05, 0.1) is 5.56 Å². The highest BCUT2D eigenvalue weighted by atomic mass is 19.3. The summed E-state index contributed by atoms with van der Waals surface area (Å²) in [6.45, 7) is -0.149. The summed E-state index contributed by atoms with van der Waals surface area (Å²) < 4.78 is 39.5. The van der Waals surface area contributed by atoms with Crippen LogP contribution in [0.3, 0.4) is 0 Å². The Bertz CT molecular complexity index is 390. The zero-order chi connectivity index (χ0) is 11.6. The summed E-state index contributed by atoms with van der Waals surface area (Å²) in [5, 5.41) is 15.6. The van der Waals surface area contributed by atoms with E-state index in [1.165, 1.54) is 19.1 Å². The van der Waals surface area contributed by atoms with E-state index in [4.69, 9.17) is 10.5 Å². The molecule has 0 amide bonds. The second kappa shape index (κ2) is 4.02. The molecule has 0 saturated heterocycles. The molecule has 2 nitrogen and oxygen atoms in total. The number of hydrogen-bond acceptors (Lipinski definition) is 2. The number of halogens is 3. The molecule has 0 fully saturated rings. The van der Waals surface area contributed by atoms with Crippen LogP contribution < -0.4 is 0 Å². The molecule has 0 aliphatic rings. The van der Waals surface area contributed by atoms with E-state index in [1.54, 1.807) is 0 Å². The van der Waals surface area contributed by atoms with Crippen LogP contribution in [0.5, 0.6) is 0 Å². The van der Waals surface area contributed by atoms with Crippen LogP contribution in [0.25, 0.3) is 0 Å². The number of nitrogens with one attached hydrogen (secondary N) is 1. The van der Waals surface area contributed by atoms with Crippen LogP contribution >= 0.6 is 0 Å². The largest absolute Gasteiger partial charge is 0.390 e. The fourth-order valence-corrected chi connectivity index (χ4v) is 1.19. The molecule has 0 radical (unpaired) electrons. The summed E-state index contributed by atoms with van der Waals surface area (Å²) >= 11 is 0. The van der Waals surface area contributed by atoms with Gasteiger partial charge in [0, 0.05) is 11.3 Å². The molecule has 0 saturated carbocycles. The molecule has 0 aliphatic heterocycles. The minimum absolute atomic E-state index is 0.136. The molecule has 1 aromatic carbocycles. The molecule has 15 heavy (non-hydrogen) atoms. The summed E-state index contributed by atoms with van der Waals surface area (Å²) in [5.41, 5.74) is -1.20. The van der Waals surface area contributed by atoms with Crippen LogP contribution in [-0.4, -0.2) is 17.4 Å². The van der Waals surface area contributed by atoms with Crippen molar-refractivity contribution in [2.75, 3.05) is 6.61 Å². The Morgan fingerprint density at radius 3 is 2.53 bits per heavy atom. The first kappa shape index (κ1) is 11.7. The van der Waals surface area contributed by atoms with E-state index in [0.29, 0.717) is 0 Å². The van der Waals surface area contributed by atoms with Crippen molar-refractivity contribution in [2.24, 2.45) is 0 Å². The highest BCUT2D eigenvalue weighted by Gasteiger charge is 2.34. The second-order valence-corrected chi connectivity index (χ2v) is 3.15. The van der Waals surface area contributed by atoms with Crippen molar-refractivity contribution in [1.29, 1.82) is 5.41 Å². The van der Waals surface area contributed by atoms with Crippen LogP contribution in [0.1, 0.15) is 18.1 Å². The van der Waals surface area contributed by atoms with Crippen molar-refractivity contribution in [3.05, 3.63) is 35.1 Å². The monoisotopic (exact) mass is 217 g/mol. The van der Waals surface area contributed by atoms with Gasteiger partial charge in [0.15, 0.2) is 0 Å². The van der Waals surface area contributed by atoms with Gasteiger partial charge in [-0.25, -0.2) is 4.39 Å². The smallest absolute Gasteiger partial charge is 0.298 e. The van der Waals surface area contributed by atoms with E-state index in [0.717, 1.165) is 6.07 Å². The van der Waals surface area contributed by atoms with Crippen molar-refractivity contribution in [2.45, 2.75) is 12.8 Å². The Morgan fingerprint density at radius 2 is 2.07 bits per heavy atom. The topological polar surface area (TPSA) is 44.1 Å². The molecule has 0 unspecified atom stereocenters. The van der Waals surface area contributed by atoms with Gasteiger partial charge >= 0.3 is 0 Å². The maximum Gasteiger partial charge on any atom is 0.298 e. The van der Waals surface area contributed by atoms with Crippen molar-refractivity contribution >= 4 is 5.71 Å². The highest BCUT2D eigenvalue weighted by Crippen LogP contribution is 2.30. The molecule has 0 spiro atoms. The molecule has 0 atom stereocenters. The lowest BCUT2D eigenvalue weighted by Gasteiger charge is -2.15. The van der Waals surface area contributed by atoms with E-state index in [9.17, 15) is 13.2 Å². The number of aliphatic hydroxyl groups excluding tert-OH is 1. The zero-order valence-electron chi connectivity index (χ0n) is 8.02. The number of aliphatic hydroxyl groups is 1. The Kier molecular flexibility index (Phi) is 3.14. The minimum atomic E-state index is -3.62. The summed E-state index contributed by atoms with van der Waals surface area (Å²) in [5.74, 6) is -4.76. The average Bonchev–Trinajstić information content (AvgIpc) is 2.17. The third-order valence-electron chi connectivity index (χ3n) is 2.00. The maximum atomic E-state index is 13.5. The van der Waals surface area contributed by atoms with E-state index < -0.39 is 23.9 Å². The fourth-order valence-electron chi connectivity index (χ4n) is 1.19.